The number of nitro groups is 2. The van der Waals surface area contributed by atoms with Gasteiger partial charge < -0.3 is 9.73 Å². The van der Waals surface area contributed by atoms with Crippen LogP contribution in [0.1, 0.15) is 21.5 Å². The lowest BCUT2D eigenvalue weighted by atomic mass is 10.1. The molecule has 0 spiro atoms. The van der Waals surface area contributed by atoms with E-state index < -0.39 is 33.1 Å². The van der Waals surface area contributed by atoms with E-state index in [2.05, 4.69) is 5.32 Å². The molecule has 162 valence electrons. The minimum Gasteiger partial charge on any atom is -0.395 e. The van der Waals surface area contributed by atoms with Gasteiger partial charge in [-0.3, -0.25) is 25.0 Å². The fraction of sp³-hybridized carbons (Fsp3) is 0.150. The molecule has 0 unspecified atom stereocenters. The number of nitrogens with one attached hydrogen (secondary N) is 1. The van der Waals surface area contributed by atoms with Crippen molar-refractivity contribution in [2.75, 3.05) is 5.88 Å². The van der Waals surface area contributed by atoms with Gasteiger partial charge in [-0.05, 0) is 11.6 Å². The number of rotatable bonds is 7. The van der Waals surface area contributed by atoms with E-state index >= 15 is 0 Å². The lowest BCUT2D eigenvalue weighted by Gasteiger charge is -2.21. The van der Waals surface area contributed by atoms with Gasteiger partial charge in [0.2, 0.25) is 0 Å². The van der Waals surface area contributed by atoms with Gasteiger partial charge in [0.15, 0.2) is 5.76 Å². The Bertz CT molecular complexity index is 985. The minimum atomic E-state index is -0.771. The van der Waals surface area contributed by atoms with E-state index in [4.69, 9.17) is 27.6 Å². The third-order valence-electron chi connectivity index (χ3n) is 3.92. The summed E-state index contributed by atoms with van der Waals surface area (Å²) in [5.41, 5.74) is 0.422. The van der Waals surface area contributed by atoms with Crippen molar-refractivity contribution in [3.05, 3.63) is 104 Å². The first-order chi connectivity index (χ1) is 14.8. The van der Waals surface area contributed by atoms with Crippen LogP contribution < -0.4 is 5.32 Å². The molecule has 9 nitrogen and oxygen atoms in total. The number of benzene rings is 2. The van der Waals surface area contributed by atoms with Gasteiger partial charge in [0.25, 0.3) is 11.6 Å². The lowest BCUT2D eigenvalue weighted by molar-refractivity contribution is -0.402. The third-order valence-corrected chi connectivity index (χ3v) is 4.81. The number of alkyl halides is 2. The molecule has 31 heavy (non-hydrogen) atoms. The van der Waals surface area contributed by atoms with Crippen molar-refractivity contribution >= 4 is 40.7 Å². The second-order valence-corrected chi connectivity index (χ2v) is 6.81. The SMILES string of the molecule is O=C(N[C@@H](CCl)[C@H](Cl)c1ccc([N+](=O)[O-])cc1)c1ccc([N+](=O)[O-])o1.c1ccccc1. The fourth-order valence-electron chi connectivity index (χ4n) is 2.37. The van der Waals surface area contributed by atoms with Crippen LogP contribution in [0.5, 0.6) is 0 Å². The number of nitrogens with zero attached hydrogens (tertiary/aromatic N) is 2. The molecule has 0 saturated heterocycles. The molecule has 0 aliphatic heterocycles. The van der Waals surface area contributed by atoms with E-state index in [9.17, 15) is 25.0 Å². The molecular formula is C20H17Cl2N3O6. The molecule has 2 atom stereocenters. The summed E-state index contributed by atoms with van der Waals surface area (Å²) in [5, 5.41) is 23.0. The number of non-ortho nitro benzene ring substituents is 1. The van der Waals surface area contributed by atoms with Crippen LogP contribution in [0.4, 0.5) is 11.6 Å². The van der Waals surface area contributed by atoms with E-state index in [1.165, 1.54) is 24.3 Å². The second-order valence-electron chi connectivity index (χ2n) is 6.03. The van der Waals surface area contributed by atoms with Crippen molar-refractivity contribution in [3.8, 4) is 0 Å². The topological polar surface area (TPSA) is 129 Å². The predicted molar refractivity (Wildman–Crippen MR) is 115 cm³/mol. The van der Waals surface area contributed by atoms with Crippen LogP contribution in [0, 0.1) is 20.2 Å². The molecule has 3 rings (SSSR count). The molecule has 0 bridgehead atoms. The molecule has 2 aromatic carbocycles. The number of carbonyl (C=O) groups excluding carboxylic acids is 1. The van der Waals surface area contributed by atoms with Gasteiger partial charge in [-0.15, -0.1) is 23.2 Å². The number of nitro benzene ring substituents is 1. The van der Waals surface area contributed by atoms with E-state index in [-0.39, 0.29) is 17.3 Å². The average Bonchev–Trinajstić information content (AvgIpc) is 3.29. The third kappa shape index (κ3) is 7.09. The van der Waals surface area contributed by atoms with Crippen molar-refractivity contribution in [1.29, 1.82) is 0 Å². The first-order valence-corrected chi connectivity index (χ1v) is 9.80. The zero-order valence-corrected chi connectivity index (χ0v) is 17.4. The molecule has 1 aromatic heterocycles. The predicted octanol–water partition coefficient (Wildman–Crippen LogP) is 5.10. The summed E-state index contributed by atoms with van der Waals surface area (Å²) in [6.45, 7) is 0. The Kier molecular flexibility index (Phi) is 8.98. The van der Waals surface area contributed by atoms with Gasteiger partial charge in [0, 0.05) is 18.0 Å². The molecule has 0 radical (unpaired) electrons. The average molecular weight is 466 g/mol. The monoisotopic (exact) mass is 465 g/mol. The summed E-state index contributed by atoms with van der Waals surface area (Å²) in [6.07, 6.45) is 0. The maximum atomic E-state index is 12.1. The van der Waals surface area contributed by atoms with E-state index in [0.717, 1.165) is 12.1 Å². The van der Waals surface area contributed by atoms with E-state index in [0.29, 0.717) is 5.56 Å². The molecule has 0 aliphatic rings. The van der Waals surface area contributed by atoms with Gasteiger partial charge in [-0.1, -0.05) is 48.5 Å². The zero-order valence-electron chi connectivity index (χ0n) is 15.9. The van der Waals surface area contributed by atoms with Crippen molar-refractivity contribution in [1.82, 2.24) is 5.32 Å². The van der Waals surface area contributed by atoms with Gasteiger partial charge in [0.1, 0.15) is 4.92 Å². The molecule has 11 heteroatoms. The number of furan rings is 1. The molecule has 3 aromatic rings. The molecule has 0 fully saturated rings. The number of halogens is 2. The Morgan fingerprint density at radius 1 is 0.935 bits per heavy atom. The summed E-state index contributed by atoms with van der Waals surface area (Å²) >= 11 is 12.1. The molecule has 0 saturated carbocycles. The summed E-state index contributed by atoms with van der Waals surface area (Å²) < 4.78 is 4.81. The van der Waals surface area contributed by atoms with Crippen LogP contribution in [0.15, 0.2) is 77.2 Å². The Morgan fingerprint density at radius 3 is 1.90 bits per heavy atom. The highest BCUT2D eigenvalue weighted by atomic mass is 35.5. The van der Waals surface area contributed by atoms with Crippen LogP contribution in [-0.2, 0) is 0 Å². The minimum absolute atomic E-state index is 0.0559. The largest absolute Gasteiger partial charge is 0.433 e. The number of hydrogen-bond acceptors (Lipinski definition) is 6. The zero-order chi connectivity index (χ0) is 22.8. The lowest BCUT2D eigenvalue weighted by Crippen LogP contribution is -2.39. The van der Waals surface area contributed by atoms with Gasteiger partial charge in [-0.25, -0.2) is 0 Å². The Morgan fingerprint density at radius 2 is 1.48 bits per heavy atom. The van der Waals surface area contributed by atoms with Crippen LogP contribution in [0.3, 0.4) is 0 Å². The first kappa shape index (κ1) is 23.8. The van der Waals surface area contributed by atoms with Gasteiger partial charge >= 0.3 is 5.88 Å². The van der Waals surface area contributed by atoms with Crippen LogP contribution >= 0.6 is 23.2 Å². The van der Waals surface area contributed by atoms with Crippen LogP contribution in [0.25, 0.3) is 0 Å². The highest BCUT2D eigenvalue weighted by Crippen LogP contribution is 2.27. The van der Waals surface area contributed by atoms with Crippen LogP contribution in [-0.4, -0.2) is 27.7 Å². The second kappa shape index (κ2) is 11.7. The van der Waals surface area contributed by atoms with Crippen LogP contribution in [0.2, 0.25) is 0 Å². The standard InChI is InChI=1S/C14H11Cl2N3O6.C6H6/c15-7-10(13(16)8-1-3-9(4-2-8)18(21)22)17-14(20)11-5-6-12(25-11)19(23)24;1-2-4-6-5-3-1/h1-6,10,13H,7H2,(H,17,20);1-6H/t10-,13+;/m0./s1. The quantitative estimate of drug-likeness (QED) is 0.293. The summed E-state index contributed by atoms with van der Waals surface area (Å²) in [4.78, 5) is 32.0. The summed E-state index contributed by atoms with van der Waals surface area (Å²) in [6, 6.07) is 19.0. The highest BCUT2D eigenvalue weighted by molar-refractivity contribution is 6.23. The Labute approximate surface area is 186 Å². The molecule has 1 N–H and O–H groups in total. The van der Waals surface area contributed by atoms with Gasteiger partial charge in [-0.2, -0.15) is 0 Å². The molecule has 1 heterocycles. The number of amides is 1. The normalized spacial score (nSPS) is 12.1. The van der Waals surface area contributed by atoms with Gasteiger partial charge in [0.05, 0.1) is 22.4 Å². The van der Waals surface area contributed by atoms with Crippen molar-refractivity contribution in [3.63, 3.8) is 0 Å². The molecular weight excluding hydrogens is 449 g/mol. The highest BCUT2D eigenvalue weighted by Gasteiger charge is 2.25. The van der Waals surface area contributed by atoms with E-state index in [1.807, 2.05) is 36.4 Å². The number of hydrogen-bond donors (Lipinski definition) is 1. The maximum Gasteiger partial charge on any atom is 0.433 e. The smallest absolute Gasteiger partial charge is 0.395 e. The molecule has 0 aliphatic carbocycles. The Balaban J connectivity index is 0.000000488. The first-order valence-electron chi connectivity index (χ1n) is 8.83. The number of carbonyl (C=O) groups is 1. The van der Waals surface area contributed by atoms with Crippen molar-refractivity contribution < 1.29 is 19.1 Å². The van der Waals surface area contributed by atoms with E-state index in [1.54, 1.807) is 0 Å². The summed E-state index contributed by atoms with van der Waals surface area (Å²) in [5.74, 6) is -1.59. The fourth-order valence-corrected chi connectivity index (χ4v) is 3.02. The van der Waals surface area contributed by atoms with Crippen molar-refractivity contribution in [2.45, 2.75) is 11.4 Å². The molecule has 1 amide bonds. The summed E-state index contributed by atoms with van der Waals surface area (Å²) in [7, 11) is 0. The van der Waals surface area contributed by atoms with Crippen molar-refractivity contribution in [2.24, 2.45) is 0 Å². The Hall–Kier alpha value is -3.43. The maximum absolute atomic E-state index is 12.1.